The van der Waals surface area contributed by atoms with Crippen LogP contribution in [-0.2, 0) is 41.7 Å². The maximum atomic E-state index is 13.9. The van der Waals surface area contributed by atoms with Crippen molar-refractivity contribution in [2.75, 3.05) is 13.2 Å². The summed E-state index contributed by atoms with van der Waals surface area (Å²) in [4.78, 5) is 53.6. The standard InChI is InChI=1S/C31H42N2O7/c1-3-5-13-23-16-27(34)39-14-8-6-7-10-21-11-9-12-22(15-21)20-40-25-17-26(33(19-25)29(23)36)28(35)32-31(30(37)38)18-24(31)4-2/h4,9,11-12,15,23-26H,2-3,5-8,10,13-14,16-20H2,1H3,(H,32,35)(H,37,38)/t23-,24-,25-,26+,31-/m1/s1. The van der Waals surface area contributed by atoms with Gasteiger partial charge in [-0.3, -0.25) is 14.4 Å². The number of carboxylic acid groups (broad SMARTS) is 1. The lowest BCUT2D eigenvalue weighted by molar-refractivity contribution is -0.151. The molecule has 1 saturated carbocycles. The predicted octanol–water partition coefficient (Wildman–Crippen LogP) is 3.78. The third kappa shape index (κ3) is 7.11. The fraction of sp³-hybridized carbons (Fsp3) is 0.613. The first-order valence-corrected chi connectivity index (χ1v) is 14.6. The Morgan fingerprint density at radius 1 is 1.23 bits per heavy atom. The number of nitrogens with zero attached hydrogens (tertiary/aromatic N) is 1. The summed E-state index contributed by atoms with van der Waals surface area (Å²) in [5.41, 5.74) is 0.833. The molecule has 1 aromatic rings. The molecule has 218 valence electrons. The van der Waals surface area contributed by atoms with Crippen molar-refractivity contribution >= 4 is 23.8 Å². The summed E-state index contributed by atoms with van der Waals surface area (Å²) < 4.78 is 11.7. The zero-order valence-corrected chi connectivity index (χ0v) is 23.4. The van der Waals surface area contributed by atoms with Crippen LogP contribution in [0.4, 0.5) is 0 Å². The maximum absolute atomic E-state index is 13.9. The number of carbonyl (C=O) groups excluding carboxylic acids is 3. The minimum Gasteiger partial charge on any atom is -0.479 e. The molecule has 2 aliphatic heterocycles. The number of rotatable bonds is 7. The van der Waals surface area contributed by atoms with Gasteiger partial charge in [0.2, 0.25) is 11.8 Å². The fourth-order valence-corrected chi connectivity index (χ4v) is 5.87. The number of unbranched alkanes of at least 4 members (excludes halogenated alkanes) is 1. The number of aliphatic carboxylic acids is 1. The van der Waals surface area contributed by atoms with Crippen molar-refractivity contribution in [2.45, 2.75) is 95.4 Å². The molecule has 2 amide bonds. The van der Waals surface area contributed by atoms with Crippen molar-refractivity contribution in [3.8, 4) is 0 Å². The van der Waals surface area contributed by atoms with E-state index >= 15 is 0 Å². The molecular formula is C31H42N2O7. The first-order valence-electron chi connectivity index (χ1n) is 14.6. The highest BCUT2D eigenvalue weighted by Crippen LogP contribution is 2.45. The molecule has 1 aliphatic carbocycles. The molecule has 0 spiro atoms. The number of amides is 2. The Morgan fingerprint density at radius 2 is 2.02 bits per heavy atom. The van der Waals surface area contributed by atoms with Gasteiger partial charge in [-0.15, -0.1) is 6.58 Å². The van der Waals surface area contributed by atoms with E-state index in [1.165, 1.54) is 16.5 Å². The van der Waals surface area contributed by atoms with Crippen molar-refractivity contribution in [3.63, 3.8) is 0 Å². The van der Waals surface area contributed by atoms with Gasteiger partial charge >= 0.3 is 11.9 Å². The van der Waals surface area contributed by atoms with Crippen LogP contribution in [-0.4, -0.2) is 64.6 Å². The normalized spacial score (nSPS) is 29.6. The highest BCUT2D eigenvalue weighted by Gasteiger charge is 2.61. The highest BCUT2D eigenvalue weighted by molar-refractivity contribution is 5.95. The largest absolute Gasteiger partial charge is 0.479 e. The third-order valence-electron chi connectivity index (χ3n) is 8.39. The summed E-state index contributed by atoms with van der Waals surface area (Å²) in [6, 6.07) is 7.31. The van der Waals surface area contributed by atoms with E-state index in [-0.39, 0.29) is 37.6 Å². The van der Waals surface area contributed by atoms with Crippen LogP contribution in [0.2, 0.25) is 0 Å². The molecule has 5 atom stereocenters. The molecule has 4 bridgehead atoms. The van der Waals surface area contributed by atoms with Crippen LogP contribution in [0, 0.1) is 11.8 Å². The van der Waals surface area contributed by atoms with Gasteiger partial charge in [0, 0.05) is 24.8 Å². The molecular weight excluding hydrogens is 512 g/mol. The van der Waals surface area contributed by atoms with Crippen LogP contribution in [0.1, 0.15) is 75.8 Å². The van der Waals surface area contributed by atoms with Crippen LogP contribution in [0.25, 0.3) is 0 Å². The Kier molecular flexibility index (Phi) is 10.0. The summed E-state index contributed by atoms with van der Waals surface area (Å²) in [7, 11) is 0. The van der Waals surface area contributed by atoms with Gasteiger partial charge < -0.3 is 24.8 Å². The number of fused-ring (bicyclic) bond motifs is 4. The highest BCUT2D eigenvalue weighted by atomic mass is 16.5. The number of carboxylic acids is 1. The minimum atomic E-state index is -1.40. The van der Waals surface area contributed by atoms with Crippen LogP contribution >= 0.6 is 0 Å². The average Bonchev–Trinajstić information content (AvgIpc) is 3.49. The van der Waals surface area contributed by atoms with Gasteiger partial charge in [-0.2, -0.15) is 0 Å². The molecule has 1 aromatic carbocycles. The summed E-state index contributed by atoms with van der Waals surface area (Å²) in [5, 5.41) is 12.5. The SMILES string of the molecule is C=C[C@@H]1C[C@]1(NC(=O)[C@@H]1C[C@@H]2CN1C(=O)[C@H](CCCC)CC(=O)OCCCCCc1cccc(c1)CO2)C(=O)O. The zero-order chi connectivity index (χ0) is 28.7. The van der Waals surface area contributed by atoms with Gasteiger partial charge in [0.25, 0.3) is 0 Å². The second kappa shape index (κ2) is 13.4. The van der Waals surface area contributed by atoms with Crippen molar-refractivity contribution in [3.05, 3.63) is 48.0 Å². The lowest BCUT2D eigenvalue weighted by Crippen LogP contribution is -2.53. The molecule has 2 N–H and O–H groups in total. The van der Waals surface area contributed by atoms with Crippen LogP contribution in [0.15, 0.2) is 36.9 Å². The smallest absolute Gasteiger partial charge is 0.330 e. The summed E-state index contributed by atoms with van der Waals surface area (Å²) >= 11 is 0. The van der Waals surface area contributed by atoms with Crippen molar-refractivity contribution in [1.29, 1.82) is 0 Å². The second-order valence-electron chi connectivity index (χ2n) is 11.4. The Labute approximate surface area is 236 Å². The number of hydrogen-bond donors (Lipinski definition) is 2. The van der Waals surface area contributed by atoms with Gasteiger partial charge in [0.1, 0.15) is 11.6 Å². The number of hydrogen-bond acceptors (Lipinski definition) is 6. The molecule has 9 heteroatoms. The average molecular weight is 555 g/mol. The van der Waals surface area contributed by atoms with Crippen molar-refractivity contribution < 1.29 is 33.8 Å². The lowest BCUT2D eigenvalue weighted by Gasteiger charge is -2.29. The molecule has 2 fully saturated rings. The quantitative estimate of drug-likeness (QED) is 0.389. The molecule has 9 nitrogen and oxygen atoms in total. The molecule has 0 unspecified atom stereocenters. The molecule has 0 radical (unpaired) electrons. The third-order valence-corrected chi connectivity index (χ3v) is 8.39. The van der Waals surface area contributed by atoms with Gasteiger partial charge in [0.15, 0.2) is 0 Å². The van der Waals surface area contributed by atoms with E-state index in [1.807, 2.05) is 19.1 Å². The van der Waals surface area contributed by atoms with E-state index in [0.29, 0.717) is 19.6 Å². The molecule has 40 heavy (non-hydrogen) atoms. The van der Waals surface area contributed by atoms with Gasteiger partial charge in [-0.05, 0) is 49.7 Å². The number of nitrogens with one attached hydrogen (secondary N) is 1. The van der Waals surface area contributed by atoms with E-state index < -0.39 is 41.4 Å². The zero-order valence-electron chi connectivity index (χ0n) is 23.4. The Balaban J connectivity index is 1.58. The van der Waals surface area contributed by atoms with E-state index in [4.69, 9.17) is 9.47 Å². The van der Waals surface area contributed by atoms with E-state index in [0.717, 1.165) is 44.1 Å². The topological polar surface area (TPSA) is 122 Å². The first kappa shape index (κ1) is 29.8. The predicted molar refractivity (Wildman–Crippen MR) is 148 cm³/mol. The van der Waals surface area contributed by atoms with E-state index in [1.54, 1.807) is 0 Å². The number of benzene rings is 1. The molecule has 3 aliphatic rings. The Hall–Kier alpha value is -3.20. The Morgan fingerprint density at radius 3 is 2.75 bits per heavy atom. The van der Waals surface area contributed by atoms with Gasteiger partial charge in [-0.25, -0.2) is 4.79 Å². The van der Waals surface area contributed by atoms with Crippen molar-refractivity contribution in [1.82, 2.24) is 10.2 Å². The number of ether oxygens (including phenoxy) is 2. The van der Waals surface area contributed by atoms with Gasteiger partial charge in [0.05, 0.1) is 25.7 Å². The monoisotopic (exact) mass is 554 g/mol. The Bertz CT molecular complexity index is 1100. The molecule has 2 heterocycles. The number of aryl methyl sites for hydroxylation is 1. The number of carbonyl (C=O) groups is 4. The number of cyclic esters (lactones) is 1. The summed E-state index contributed by atoms with van der Waals surface area (Å²) in [6.45, 7) is 6.57. The summed E-state index contributed by atoms with van der Waals surface area (Å²) in [5.74, 6) is -3.32. The lowest BCUT2D eigenvalue weighted by atomic mass is 9.96. The molecule has 1 saturated heterocycles. The van der Waals surface area contributed by atoms with Crippen LogP contribution in [0.3, 0.4) is 0 Å². The molecule has 4 rings (SSSR count). The maximum Gasteiger partial charge on any atom is 0.330 e. The van der Waals surface area contributed by atoms with Gasteiger partial charge in [-0.1, -0.05) is 50.1 Å². The fourth-order valence-electron chi connectivity index (χ4n) is 5.87. The minimum absolute atomic E-state index is 0.0443. The van der Waals surface area contributed by atoms with E-state index in [2.05, 4.69) is 24.0 Å². The first-order chi connectivity index (χ1) is 19.3. The van der Waals surface area contributed by atoms with Crippen molar-refractivity contribution in [2.24, 2.45) is 11.8 Å². The van der Waals surface area contributed by atoms with Crippen LogP contribution in [0.5, 0.6) is 0 Å². The second-order valence-corrected chi connectivity index (χ2v) is 11.4. The van der Waals surface area contributed by atoms with E-state index in [9.17, 15) is 24.3 Å². The van der Waals surface area contributed by atoms with Crippen LogP contribution < -0.4 is 5.32 Å². The summed E-state index contributed by atoms with van der Waals surface area (Å²) in [6.07, 6.45) is 7.32. The number of esters is 1. The molecule has 0 aromatic heterocycles.